The van der Waals surface area contributed by atoms with Crippen LogP contribution < -0.4 is 15.5 Å². The highest BCUT2D eigenvalue weighted by molar-refractivity contribution is 6.31. The van der Waals surface area contributed by atoms with E-state index in [1.54, 1.807) is 0 Å². The first-order valence-electron chi connectivity index (χ1n) is 10.0. The third kappa shape index (κ3) is 3.38. The standard InChI is InChI=1S/C26H22ClN3/c27-23-9-3-1-7-20(23)17-29-18-30(26-12-6-5-11-25(26)29)21-15-13-19(14-16-21)22-8-2-4-10-24(22)28/h1-16H,17-18,28H2. The third-order valence-electron chi connectivity index (χ3n) is 5.60. The molecular formula is C26H22ClN3. The highest BCUT2D eigenvalue weighted by Gasteiger charge is 2.27. The van der Waals surface area contributed by atoms with Gasteiger partial charge in [0, 0.05) is 28.5 Å². The van der Waals surface area contributed by atoms with Gasteiger partial charge in [0.15, 0.2) is 0 Å². The van der Waals surface area contributed by atoms with E-state index in [4.69, 9.17) is 17.3 Å². The Morgan fingerprint density at radius 2 is 1.40 bits per heavy atom. The van der Waals surface area contributed by atoms with Crippen molar-refractivity contribution >= 4 is 34.4 Å². The Labute approximate surface area is 181 Å². The molecule has 4 heteroatoms. The van der Waals surface area contributed by atoms with E-state index >= 15 is 0 Å². The van der Waals surface area contributed by atoms with Gasteiger partial charge in [0.2, 0.25) is 0 Å². The van der Waals surface area contributed by atoms with Crippen molar-refractivity contribution in [3.05, 3.63) is 108 Å². The number of fused-ring (bicyclic) bond motifs is 1. The number of nitrogens with zero attached hydrogens (tertiary/aromatic N) is 2. The van der Waals surface area contributed by atoms with Gasteiger partial charge in [-0.25, -0.2) is 0 Å². The maximum Gasteiger partial charge on any atom is 0.0956 e. The van der Waals surface area contributed by atoms with Crippen LogP contribution in [0.15, 0.2) is 97.1 Å². The van der Waals surface area contributed by atoms with Gasteiger partial charge in [-0.1, -0.05) is 72.3 Å². The average molecular weight is 412 g/mol. The van der Waals surface area contributed by atoms with Gasteiger partial charge < -0.3 is 15.5 Å². The summed E-state index contributed by atoms with van der Waals surface area (Å²) in [7, 11) is 0. The number of hydrogen-bond acceptors (Lipinski definition) is 3. The van der Waals surface area contributed by atoms with E-state index in [0.29, 0.717) is 0 Å². The number of hydrogen-bond donors (Lipinski definition) is 1. The van der Waals surface area contributed by atoms with Crippen molar-refractivity contribution in [1.29, 1.82) is 0 Å². The lowest BCUT2D eigenvalue weighted by Crippen LogP contribution is -2.27. The van der Waals surface area contributed by atoms with Crippen molar-refractivity contribution in [2.24, 2.45) is 0 Å². The molecule has 0 bridgehead atoms. The minimum Gasteiger partial charge on any atom is -0.398 e. The average Bonchev–Trinajstić information content (AvgIpc) is 3.14. The Balaban J connectivity index is 1.45. The van der Waals surface area contributed by atoms with Gasteiger partial charge in [0.25, 0.3) is 0 Å². The molecule has 4 aromatic rings. The Morgan fingerprint density at radius 3 is 2.17 bits per heavy atom. The summed E-state index contributed by atoms with van der Waals surface area (Å²) >= 11 is 6.42. The molecule has 2 N–H and O–H groups in total. The summed E-state index contributed by atoms with van der Waals surface area (Å²) < 4.78 is 0. The first-order valence-corrected chi connectivity index (χ1v) is 10.4. The lowest BCUT2D eigenvalue weighted by atomic mass is 10.0. The van der Waals surface area contributed by atoms with Gasteiger partial charge >= 0.3 is 0 Å². The van der Waals surface area contributed by atoms with Crippen LogP contribution in [0, 0.1) is 0 Å². The number of rotatable bonds is 4. The van der Waals surface area contributed by atoms with Gasteiger partial charge in [-0.05, 0) is 47.5 Å². The molecule has 0 fully saturated rings. The third-order valence-corrected chi connectivity index (χ3v) is 5.96. The number of para-hydroxylation sites is 3. The summed E-state index contributed by atoms with van der Waals surface area (Å²) in [5.74, 6) is 0. The highest BCUT2D eigenvalue weighted by Crippen LogP contribution is 2.42. The number of nitrogens with two attached hydrogens (primary N) is 1. The minimum atomic E-state index is 0.770. The van der Waals surface area contributed by atoms with Crippen LogP contribution in [0.25, 0.3) is 11.1 Å². The second-order valence-electron chi connectivity index (χ2n) is 7.48. The van der Waals surface area contributed by atoms with E-state index in [-0.39, 0.29) is 0 Å². The van der Waals surface area contributed by atoms with E-state index < -0.39 is 0 Å². The quantitative estimate of drug-likeness (QED) is 0.379. The Morgan fingerprint density at radius 1 is 0.733 bits per heavy atom. The number of halogens is 1. The van der Waals surface area contributed by atoms with Crippen molar-refractivity contribution in [3.8, 4) is 11.1 Å². The zero-order valence-electron chi connectivity index (χ0n) is 16.5. The van der Waals surface area contributed by atoms with Gasteiger partial charge in [-0.2, -0.15) is 0 Å². The predicted octanol–water partition coefficient (Wildman–Crippen LogP) is 6.71. The van der Waals surface area contributed by atoms with Crippen molar-refractivity contribution in [2.75, 3.05) is 22.2 Å². The largest absolute Gasteiger partial charge is 0.398 e. The summed E-state index contributed by atoms with van der Waals surface area (Å²) in [4.78, 5) is 4.70. The molecule has 0 amide bonds. The number of benzene rings is 4. The summed E-state index contributed by atoms with van der Waals surface area (Å²) in [5.41, 5.74) is 13.8. The van der Waals surface area contributed by atoms with Crippen LogP contribution in [-0.4, -0.2) is 6.67 Å². The molecule has 0 saturated heterocycles. The molecule has 3 nitrogen and oxygen atoms in total. The van der Waals surface area contributed by atoms with Gasteiger partial charge in [-0.3, -0.25) is 0 Å². The van der Waals surface area contributed by atoms with Gasteiger partial charge in [0.1, 0.15) is 0 Å². The topological polar surface area (TPSA) is 32.5 Å². The lowest BCUT2D eigenvalue weighted by Gasteiger charge is -2.22. The van der Waals surface area contributed by atoms with E-state index in [1.807, 2.05) is 36.4 Å². The van der Waals surface area contributed by atoms with Crippen molar-refractivity contribution in [1.82, 2.24) is 0 Å². The molecule has 148 valence electrons. The first-order chi connectivity index (χ1) is 14.7. The molecule has 0 radical (unpaired) electrons. The normalized spacial score (nSPS) is 12.8. The Kier molecular flexibility index (Phi) is 4.82. The molecule has 1 heterocycles. The monoisotopic (exact) mass is 411 g/mol. The molecule has 4 aromatic carbocycles. The molecule has 1 aliphatic heterocycles. The second kappa shape index (κ2) is 7.77. The Bertz CT molecular complexity index is 1190. The van der Waals surface area contributed by atoms with E-state index in [0.717, 1.165) is 46.3 Å². The second-order valence-corrected chi connectivity index (χ2v) is 7.89. The van der Waals surface area contributed by atoms with Crippen LogP contribution in [0.1, 0.15) is 5.56 Å². The zero-order valence-corrected chi connectivity index (χ0v) is 17.3. The Hall–Kier alpha value is -3.43. The number of anilines is 4. The van der Waals surface area contributed by atoms with E-state index in [1.165, 1.54) is 11.4 Å². The fourth-order valence-electron chi connectivity index (χ4n) is 4.05. The van der Waals surface area contributed by atoms with E-state index in [9.17, 15) is 0 Å². The smallest absolute Gasteiger partial charge is 0.0956 e. The molecule has 0 aliphatic carbocycles. The van der Waals surface area contributed by atoms with Gasteiger partial charge in [0.05, 0.1) is 18.0 Å². The van der Waals surface area contributed by atoms with Gasteiger partial charge in [-0.15, -0.1) is 0 Å². The van der Waals surface area contributed by atoms with Crippen molar-refractivity contribution in [2.45, 2.75) is 6.54 Å². The number of nitrogen functional groups attached to an aromatic ring is 1. The molecule has 5 rings (SSSR count). The highest BCUT2D eigenvalue weighted by atomic mass is 35.5. The molecule has 0 unspecified atom stereocenters. The van der Waals surface area contributed by atoms with Crippen LogP contribution in [0.4, 0.5) is 22.7 Å². The lowest BCUT2D eigenvalue weighted by molar-refractivity contribution is 0.833. The summed E-state index contributed by atoms with van der Waals surface area (Å²) in [6.45, 7) is 1.54. The first kappa shape index (κ1) is 18.6. The molecular weight excluding hydrogens is 390 g/mol. The molecule has 0 atom stereocenters. The van der Waals surface area contributed by atoms with Crippen LogP contribution >= 0.6 is 11.6 Å². The van der Waals surface area contributed by atoms with Crippen LogP contribution in [0.5, 0.6) is 0 Å². The maximum absolute atomic E-state index is 6.42. The minimum absolute atomic E-state index is 0.770. The molecule has 0 spiro atoms. The maximum atomic E-state index is 6.42. The van der Waals surface area contributed by atoms with Crippen molar-refractivity contribution < 1.29 is 0 Å². The molecule has 30 heavy (non-hydrogen) atoms. The summed E-state index contributed by atoms with van der Waals surface area (Å²) in [6.07, 6.45) is 0. The SMILES string of the molecule is Nc1ccccc1-c1ccc(N2CN(Cc3ccccc3Cl)c3ccccc32)cc1. The zero-order chi connectivity index (χ0) is 20.5. The summed E-state index contributed by atoms with van der Waals surface area (Å²) in [5, 5.41) is 0.804. The summed E-state index contributed by atoms with van der Waals surface area (Å²) in [6, 6.07) is 33.1. The van der Waals surface area contributed by atoms with Crippen LogP contribution in [0.3, 0.4) is 0 Å². The molecule has 0 saturated carbocycles. The molecule has 1 aliphatic rings. The molecule has 0 aromatic heterocycles. The van der Waals surface area contributed by atoms with Crippen LogP contribution in [-0.2, 0) is 6.54 Å². The predicted molar refractivity (Wildman–Crippen MR) is 127 cm³/mol. The fourth-order valence-corrected chi connectivity index (χ4v) is 4.25. The van der Waals surface area contributed by atoms with E-state index in [2.05, 4.69) is 70.5 Å². The van der Waals surface area contributed by atoms with Crippen LogP contribution in [0.2, 0.25) is 5.02 Å². The van der Waals surface area contributed by atoms with Crippen molar-refractivity contribution in [3.63, 3.8) is 0 Å². The fraction of sp³-hybridized carbons (Fsp3) is 0.0769.